The molecule has 0 spiro atoms. The van der Waals surface area contributed by atoms with Gasteiger partial charge < -0.3 is 9.42 Å². The van der Waals surface area contributed by atoms with Crippen LogP contribution in [0.15, 0.2) is 40.2 Å². The van der Waals surface area contributed by atoms with Crippen LogP contribution in [0.5, 0.6) is 0 Å². The smallest absolute Gasteiger partial charge is 0.337 e. The number of rotatable bonds is 5. The summed E-state index contributed by atoms with van der Waals surface area (Å²) in [5.41, 5.74) is 0.566. The van der Waals surface area contributed by atoms with Crippen LogP contribution in [0.1, 0.15) is 46.6 Å². The molecule has 2 aromatic heterocycles. The molecule has 0 N–H and O–H groups in total. The van der Waals surface area contributed by atoms with E-state index in [0.717, 1.165) is 29.0 Å². The Morgan fingerprint density at radius 1 is 1.22 bits per heavy atom. The Bertz CT molecular complexity index is 1090. The van der Waals surface area contributed by atoms with E-state index in [9.17, 15) is 18.0 Å². The first-order chi connectivity index (χ1) is 15.3. The van der Waals surface area contributed by atoms with Crippen LogP contribution in [0.3, 0.4) is 0 Å². The lowest BCUT2D eigenvalue weighted by atomic mass is 10.1. The topological polar surface area (TPSA) is 62.5 Å². The van der Waals surface area contributed by atoms with E-state index in [2.05, 4.69) is 15.0 Å². The van der Waals surface area contributed by atoms with Gasteiger partial charge in [0.15, 0.2) is 0 Å². The van der Waals surface area contributed by atoms with Gasteiger partial charge in [-0.2, -0.15) is 18.2 Å². The molecule has 1 aliphatic rings. The van der Waals surface area contributed by atoms with Crippen LogP contribution in [0.2, 0.25) is 0 Å². The molecule has 3 aromatic rings. The molecular formula is C22H23F3N4O2S. The van der Waals surface area contributed by atoms with Gasteiger partial charge in [-0.05, 0) is 42.5 Å². The second-order valence-electron chi connectivity index (χ2n) is 7.67. The summed E-state index contributed by atoms with van der Waals surface area (Å²) in [6.45, 7) is 6.39. The summed E-state index contributed by atoms with van der Waals surface area (Å²) in [5, 5.41) is 5.82. The van der Waals surface area contributed by atoms with Crippen LogP contribution in [-0.2, 0) is 12.6 Å². The molecule has 1 unspecified atom stereocenters. The van der Waals surface area contributed by atoms with Crippen LogP contribution in [0.25, 0.3) is 11.4 Å². The zero-order chi connectivity index (χ0) is 22.9. The van der Waals surface area contributed by atoms with Crippen molar-refractivity contribution in [2.24, 2.45) is 0 Å². The Hall–Kier alpha value is -2.72. The first-order valence-corrected chi connectivity index (χ1v) is 11.3. The summed E-state index contributed by atoms with van der Waals surface area (Å²) in [6.07, 6.45) is -3.61. The lowest BCUT2D eigenvalue weighted by molar-refractivity contribution is -0.137. The quantitative estimate of drug-likeness (QED) is 0.538. The molecule has 0 radical (unpaired) electrons. The van der Waals surface area contributed by atoms with E-state index in [-0.39, 0.29) is 23.3 Å². The molecule has 1 aromatic carbocycles. The van der Waals surface area contributed by atoms with Crippen LogP contribution in [0, 0.1) is 0 Å². The number of aromatic nitrogens is 2. The number of benzene rings is 1. The van der Waals surface area contributed by atoms with Crippen molar-refractivity contribution in [1.29, 1.82) is 0 Å². The second-order valence-corrected chi connectivity index (χ2v) is 8.58. The third kappa shape index (κ3) is 4.56. The number of carbonyl (C=O) groups excluding carboxylic acids is 1. The average Bonchev–Trinajstić information content (AvgIpc) is 3.47. The van der Waals surface area contributed by atoms with Gasteiger partial charge in [-0.3, -0.25) is 9.69 Å². The molecule has 4 rings (SSSR count). The largest absolute Gasteiger partial charge is 0.416 e. The van der Waals surface area contributed by atoms with Gasteiger partial charge in [-0.25, -0.2) is 0 Å². The van der Waals surface area contributed by atoms with Crippen molar-refractivity contribution < 1.29 is 22.5 Å². The van der Waals surface area contributed by atoms with Crippen molar-refractivity contribution in [1.82, 2.24) is 19.9 Å². The number of aryl methyl sites for hydroxylation is 1. The van der Waals surface area contributed by atoms with Gasteiger partial charge in [0, 0.05) is 31.7 Å². The summed E-state index contributed by atoms with van der Waals surface area (Å²) in [6, 6.07) is 6.65. The van der Waals surface area contributed by atoms with E-state index in [1.165, 1.54) is 23.5 Å². The molecule has 1 atom stereocenters. The highest BCUT2D eigenvalue weighted by Gasteiger charge is 2.32. The van der Waals surface area contributed by atoms with Gasteiger partial charge in [0.1, 0.15) is 0 Å². The van der Waals surface area contributed by atoms with Gasteiger partial charge in [0.25, 0.3) is 5.91 Å². The number of hydrogen-bond donors (Lipinski definition) is 0. The minimum absolute atomic E-state index is 0.0637. The standard InChI is InChI=1S/C22H23F3N4O2S/c1-3-15-7-12-32-18(15)21(30)29-10-8-28(9-11-29)14(2)20-26-19(27-31-20)16-5-4-6-17(13-16)22(23,24)25/h4-7,12-14H,3,8-11H2,1-2H3. The van der Waals surface area contributed by atoms with Gasteiger partial charge in [0.05, 0.1) is 16.5 Å². The number of amides is 1. The zero-order valence-corrected chi connectivity index (χ0v) is 18.5. The first kappa shape index (κ1) is 22.5. The highest BCUT2D eigenvalue weighted by molar-refractivity contribution is 7.12. The number of thiophene rings is 1. The fourth-order valence-electron chi connectivity index (χ4n) is 3.77. The molecule has 32 heavy (non-hydrogen) atoms. The van der Waals surface area contributed by atoms with Crippen LogP contribution < -0.4 is 0 Å². The second kappa shape index (κ2) is 9.03. The predicted octanol–water partition coefficient (Wildman–Crippen LogP) is 4.90. The van der Waals surface area contributed by atoms with Crippen LogP contribution >= 0.6 is 11.3 Å². The summed E-state index contributed by atoms with van der Waals surface area (Å²) < 4.78 is 44.3. The monoisotopic (exact) mass is 464 g/mol. The van der Waals surface area contributed by atoms with Crippen LogP contribution in [0.4, 0.5) is 13.2 Å². The van der Waals surface area contributed by atoms with Gasteiger partial charge in [0.2, 0.25) is 11.7 Å². The fourth-order valence-corrected chi connectivity index (χ4v) is 4.73. The Kier molecular flexibility index (Phi) is 6.34. The van der Waals surface area contributed by atoms with Crippen molar-refractivity contribution in [2.75, 3.05) is 26.2 Å². The minimum atomic E-state index is -4.44. The van der Waals surface area contributed by atoms with Gasteiger partial charge >= 0.3 is 6.18 Å². The summed E-state index contributed by atoms with van der Waals surface area (Å²) >= 11 is 1.47. The Labute approximate surface area is 187 Å². The summed E-state index contributed by atoms with van der Waals surface area (Å²) in [7, 11) is 0. The van der Waals surface area contributed by atoms with E-state index in [0.29, 0.717) is 32.1 Å². The van der Waals surface area contributed by atoms with E-state index in [4.69, 9.17) is 4.52 Å². The molecule has 1 aliphatic heterocycles. The molecule has 10 heteroatoms. The van der Waals surface area contributed by atoms with E-state index < -0.39 is 11.7 Å². The molecule has 1 amide bonds. The third-order valence-electron chi connectivity index (χ3n) is 5.72. The molecule has 3 heterocycles. The van der Waals surface area contributed by atoms with Crippen molar-refractivity contribution in [3.8, 4) is 11.4 Å². The van der Waals surface area contributed by atoms with E-state index in [1.807, 2.05) is 30.2 Å². The first-order valence-electron chi connectivity index (χ1n) is 10.4. The van der Waals surface area contributed by atoms with E-state index in [1.54, 1.807) is 0 Å². The summed E-state index contributed by atoms with van der Waals surface area (Å²) in [4.78, 5) is 22.0. The maximum atomic E-state index is 13.0. The Morgan fingerprint density at radius 3 is 2.66 bits per heavy atom. The predicted molar refractivity (Wildman–Crippen MR) is 114 cm³/mol. The SMILES string of the molecule is CCc1ccsc1C(=O)N1CCN(C(C)c2nc(-c3cccc(C(F)(F)F)c3)no2)CC1. The maximum absolute atomic E-state index is 13.0. The average molecular weight is 465 g/mol. The number of halogens is 3. The molecule has 0 bridgehead atoms. The maximum Gasteiger partial charge on any atom is 0.416 e. The van der Waals surface area contributed by atoms with Crippen molar-refractivity contribution in [3.05, 3.63) is 57.6 Å². The Balaban J connectivity index is 1.41. The molecule has 170 valence electrons. The number of hydrogen-bond acceptors (Lipinski definition) is 6. The molecule has 0 aliphatic carbocycles. The highest BCUT2D eigenvalue weighted by Crippen LogP contribution is 2.32. The Morgan fingerprint density at radius 2 is 1.97 bits per heavy atom. The fraction of sp³-hybridized carbons (Fsp3) is 0.409. The molecule has 6 nitrogen and oxygen atoms in total. The van der Waals surface area contributed by atoms with Gasteiger partial charge in [-0.15, -0.1) is 11.3 Å². The van der Waals surface area contributed by atoms with E-state index >= 15 is 0 Å². The lowest BCUT2D eigenvalue weighted by Crippen LogP contribution is -2.49. The van der Waals surface area contributed by atoms with Crippen molar-refractivity contribution in [3.63, 3.8) is 0 Å². The third-order valence-corrected chi connectivity index (χ3v) is 6.66. The molecule has 0 saturated carbocycles. The van der Waals surface area contributed by atoms with Crippen LogP contribution in [-0.4, -0.2) is 52.0 Å². The molecule has 1 saturated heterocycles. The number of piperazine rings is 1. The number of alkyl halides is 3. The number of nitrogens with zero attached hydrogens (tertiary/aromatic N) is 4. The van der Waals surface area contributed by atoms with Crippen molar-refractivity contribution >= 4 is 17.2 Å². The molecule has 1 fully saturated rings. The number of carbonyl (C=O) groups is 1. The normalized spacial score (nSPS) is 16.3. The van der Waals surface area contributed by atoms with Crippen molar-refractivity contribution in [2.45, 2.75) is 32.5 Å². The van der Waals surface area contributed by atoms with Gasteiger partial charge in [-0.1, -0.05) is 24.2 Å². The highest BCUT2D eigenvalue weighted by atomic mass is 32.1. The minimum Gasteiger partial charge on any atom is -0.337 e. The zero-order valence-electron chi connectivity index (χ0n) is 17.7. The summed E-state index contributed by atoms with van der Waals surface area (Å²) in [5.74, 6) is 0.522. The molecular weight excluding hydrogens is 441 g/mol. The lowest BCUT2D eigenvalue weighted by Gasteiger charge is -2.36.